The fourth-order valence-electron chi connectivity index (χ4n) is 3.31. The monoisotopic (exact) mass is 308 g/mol. The van der Waals surface area contributed by atoms with Gasteiger partial charge in [-0.2, -0.15) is 0 Å². The molecule has 0 amide bonds. The van der Waals surface area contributed by atoms with Crippen molar-refractivity contribution in [3.63, 3.8) is 0 Å². The van der Waals surface area contributed by atoms with Crippen LogP contribution in [-0.2, 0) is 17.6 Å². The van der Waals surface area contributed by atoms with Crippen molar-refractivity contribution >= 4 is 5.97 Å². The van der Waals surface area contributed by atoms with Crippen molar-refractivity contribution in [3.8, 4) is 0 Å². The summed E-state index contributed by atoms with van der Waals surface area (Å²) in [6.07, 6.45) is 2.68. The van der Waals surface area contributed by atoms with E-state index in [0.29, 0.717) is 11.5 Å². The minimum atomic E-state index is -0.434. The van der Waals surface area contributed by atoms with E-state index in [4.69, 9.17) is 4.74 Å². The van der Waals surface area contributed by atoms with Crippen molar-refractivity contribution in [2.75, 3.05) is 0 Å². The van der Waals surface area contributed by atoms with Crippen molar-refractivity contribution in [2.24, 2.45) is 0 Å². The number of benzene rings is 2. The lowest BCUT2D eigenvalue weighted by atomic mass is 9.97. The molecule has 1 aliphatic carbocycles. The van der Waals surface area contributed by atoms with Gasteiger partial charge in [-0.25, -0.2) is 4.79 Å². The topological polar surface area (TPSA) is 26.3 Å². The third kappa shape index (κ3) is 3.31. The first-order chi connectivity index (χ1) is 11.0. The van der Waals surface area contributed by atoms with Gasteiger partial charge in [-0.3, -0.25) is 0 Å². The Morgan fingerprint density at radius 2 is 1.65 bits per heavy atom. The highest BCUT2D eigenvalue weighted by molar-refractivity contribution is 5.89. The highest BCUT2D eigenvalue weighted by Crippen LogP contribution is 2.33. The molecule has 0 saturated heterocycles. The molecule has 2 aromatic carbocycles. The maximum Gasteiger partial charge on any atom is 0.338 e. The van der Waals surface area contributed by atoms with E-state index in [0.717, 1.165) is 19.3 Å². The number of esters is 1. The van der Waals surface area contributed by atoms with E-state index in [1.165, 1.54) is 16.7 Å². The van der Waals surface area contributed by atoms with Crippen LogP contribution in [0.2, 0.25) is 0 Å². The van der Waals surface area contributed by atoms with Crippen LogP contribution in [-0.4, -0.2) is 11.6 Å². The van der Waals surface area contributed by atoms with Crippen molar-refractivity contribution in [1.29, 1.82) is 0 Å². The summed E-state index contributed by atoms with van der Waals surface area (Å²) in [4.78, 5) is 12.5. The normalized spacial score (nSPS) is 16.7. The average molecular weight is 308 g/mol. The van der Waals surface area contributed by atoms with Crippen LogP contribution in [0.25, 0.3) is 0 Å². The van der Waals surface area contributed by atoms with E-state index >= 15 is 0 Å². The standard InChI is InChI=1S/C21H24O2/c1-4-15(2)16-9-11-17(12-10-16)20(22)23-21(3)13-18-7-5-6-8-19(18)14-21/h5-12,15H,4,13-14H2,1-3H3. The Morgan fingerprint density at radius 1 is 1.09 bits per heavy atom. The fourth-order valence-corrected chi connectivity index (χ4v) is 3.31. The van der Waals surface area contributed by atoms with Gasteiger partial charge in [0.2, 0.25) is 0 Å². The summed E-state index contributed by atoms with van der Waals surface area (Å²) in [7, 11) is 0. The molecule has 23 heavy (non-hydrogen) atoms. The van der Waals surface area contributed by atoms with Gasteiger partial charge in [-0.15, -0.1) is 0 Å². The largest absolute Gasteiger partial charge is 0.455 e. The molecule has 0 bridgehead atoms. The Morgan fingerprint density at radius 3 is 2.17 bits per heavy atom. The summed E-state index contributed by atoms with van der Waals surface area (Å²) in [6.45, 7) is 6.40. The van der Waals surface area contributed by atoms with E-state index in [-0.39, 0.29) is 5.97 Å². The van der Waals surface area contributed by atoms with Crippen molar-refractivity contribution in [3.05, 3.63) is 70.8 Å². The second kappa shape index (κ2) is 6.19. The summed E-state index contributed by atoms with van der Waals surface area (Å²) in [5.41, 5.74) is 4.04. The molecule has 0 N–H and O–H groups in total. The van der Waals surface area contributed by atoms with Gasteiger partial charge in [-0.1, -0.05) is 50.2 Å². The molecule has 0 saturated carbocycles. The summed E-state index contributed by atoms with van der Waals surface area (Å²) < 4.78 is 5.86. The lowest BCUT2D eigenvalue weighted by molar-refractivity contribution is -0.00453. The molecule has 2 aromatic rings. The molecule has 1 unspecified atom stereocenters. The number of carbonyl (C=O) groups excluding carboxylic acids is 1. The summed E-state index contributed by atoms with van der Waals surface area (Å²) >= 11 is 0. The first-order valence-electron chi connectivity index (χ1n) is 8.41. The zero-order chi connectivity index (χ0) is 16.4. The van der Waals surface area contributed by atoms with E-state index in [1.807, 2.05) is 43.3 Å². The van der Waals surface area contributed by atoms with E-state index in [1.54, 1.807) is 0 Å². The number of hydrogen-bond acceptors (Lipinski definition) is 2. The molecule has 2 nitrogen and oxygen atoms in total. The van der Waals surface area contributed by atoms with E-state index in [9.17, 15) is 4.79 Å². The van der Waals surface area contributed by atoms with E-state index < -0.39 is 5.60 Å². The molecule has 0 fully saturated rings. The minimum absolute atomic E-state index is 0.226. The molecule has 0 spiro atoms. The number of ether oxygens (including phenoxy) is 1. The van der Waals surface area contributed by atoms with Crippen molar-refractivity contribution < 1.29 is 9.53 Å². The predicted molar refractivity (Wildman–Crippen MR) is 92.8 cm³/mol. The van der Waals surface area contributed by atoms with Crippen LogP contribution in [0.1, 0.15) is 60.2 Å². The lowest BCUT2D eigenvalue weighted by Crippen LogP contribution is -2.32. The van der Waals surface area contributed by atoms with Gasteiger partial charge in [0, 0.05) is 12.8 Å². The molecule has 0 heterocycles. The predicted octanol–water partition coefficient (Wildman–Crippen LogP) is 4.91. The molecule has 0 radical (unpaired) electrons. The third-order valence-electron chi connectivity index (χ3n) is 4.91. The van der Waals surface area contributed by atoms with Gasteiger partial charge in [0.05, 0.1) is 5.56 Å². The molecule has 120 valence electrons. The number of hydrogen-bond donors (Lipinski definition) is 0. The van der Waals surface area contributed by atoms with Gasteiger partial charge < -0.3 is 4.74 Å². The molecule has 0 aliphatic heterocycles. The van der Waals surface area contributed by atoms with Crippen LogP contribution in [0, 0.1) is 0 Å². The fraction of sp³-hybridized carbons (Fsp3) is 0.381. The molecule has 2 heteroatoms. The summed E-state index contributed by atoms with van der Waals surface area (Å²) in [5.74, 6) is 0.290. The Balaban J connectivity index is 1.70. The minimum Gasteiger partial charge on any atom is -0.455 e. The van der Waals surface area contributed by atoms with Gasteiger partial charge >= 0.3 is 5.97 Å². The molecular weight excluding hydrogens is 284 g/mol. The Hall–Kier alpha value is -2.09. The molecule has 0 aromatic heterocycles. The van der Waals surface area contributed by atoms with Gasteiger partial charge in [0.25, 0.3) is 0 Å². The van der Waals surface area contributed by atoms with Crippen LogP contribution in [0.15, 0.2) is 48.5 Å². The van der Waals surface area contributed by atoms with Gasteiger partial charge in [-0.05, 0) is 48.1 Å². The molecular formula is C21H24O2. The maximum absolute atomic E-state index is 12.5. The van der Waals surface area contributed by atoms with Crippen LogP contribution >= 0.6 is 0 Å². The first-order valence-corrected chi connectivity index (χ1v) is 8.41. The third-order valence-corrected chi connectivity index (χ3v) is 4.91. The smallest absolute Gasteiger partial charge is 0.338 e. The first kappa shape index (κ1) is 15.8. The Kier molecular flexibility index (Phi) is 4.25. The zero-order valence-electron chi connectivity index (χ0n) is 14.1. The maximum atomic E-state index is 12.5. The average Bonchev–Trinajstić information content (AvgIpc) is 2.89. The summed E-state index contributed by atoms with van der Waals surface area (Å²) in [5, 5.41) is 0. The van der Waals surface area contributed by atoms with Gasteiger partial charge in [0.1, 0.15) is 5.60 Å². The second-order valence-corrected chi connectivity index (χ2v) is 6.89. The molecule has 3 rings (SSSR count). The second-order valence-electron chi connectivity index (χ2n) is 6.89. The SMILES string of the molecule is CCC(C)c1ccc(C(=O)OC2(C)Cc3ccccc3C2)cc1. The van der Waals surface area contributed by atoms with Crippen molar-refractivity contribution in [1.82, 2.24) is 0 Å². The van der Waals surface area contributed by atoms with Gasteiger partial charge in [0.15, 0.2) is 0 Å². The van der Waals surface area contributed by atoms with E-state index in [2.05, 4.69) is 26.0 Å². The Labute approximate surface area is 138 Å². The molecule has 1 atom stereocenters. The van der Waals surface area contributed by atoms with Crippen LogP contribution in [0.4, 0.5) is 0 Å². The molecule has 1 aliphatic rings. The quantitative estimate of drug-likeness (QED) is 0.750. The number of carbonyl (C=O) groups is 1. The zero-order valence-corrected chi connectivity index (χ0v) is 14.1. The Bertz CT molecular complexity index is 675. The highest BCUT2D eigenvalue weighted by atomic mass is 16.6. The lowest BCUT2D eigenvalue weighted by Gasteiger charge is -2.24. The van der Waals surface area contributed by atoms with Crippen LogP contribution in [0.5, 0.6) is 0 Å². The number of rotatable bonds is 4. The van der Waals surface area contributed by atoms with Crippen LogP contribution < -0.4 is 0 Å². The summed E-state index contributed by atoms with van der Waals surface area (Å²) in [6, 6.07) is 16.2. The highest BCUT2D eigenvalue weighted by Gasteiger charge is 2.36. The number of fused-ring (bicyclic) bond motifs is 1. The van der Waals surface area contributed by atoms with Crippen LogP contribution in [0.3, 0.4) is 0 Å². The van der Waals surface area contributed by atoms with Crippen molar-refractivity contribution in [2.45, 2.75) is 51.6 Å².